The van der Waals surface area contributed by atoms with Crippen molar-refractivity contribution in [2.75, 3.05) is 18.4 Å². The second-order valence-electron chi connectivity index (χ2n) is 9.41. The molecule has 4 heterocycles. The molecular weight excluding hydrogens is 567 g/mol. The van der Waals surface area contributed by atoms with Crippen molar-refractivity contribution < 1.29 is 18.7 Å². The van der Waals surface area contributed by atoms with Gasteiger partial charge in [0.2, 0.25) is 11.8 Å². The number of benzene rings is 2. The van der Waals surface area contributed by atoms with Gasteiger partial charge in [0.25, 0.3) is 0 Å². The quantitative estimate of drug-likeness (QED) is 0.206. The van der Waals surface area contributed by atoms with Crippen molar-refractivity contribution >= 4 is 61.6 Å². The topological polar surface area (TPSA) is 102 Å². The zero-order chi connectivity index (χ0) is 28.5. The van der Waals surface area contributed by atoms with Crippen molar-refractivity contribution in [1.82, 2.24) is 24.8 Å². The van der Waals surface area contributed by atoms with Crippen LogP contribution in [0.4, 0.5) is 15.9 Å². The van der Waals surface area contributed by atoms with Gasteiger partial charge in [0, 0.05) is 38.1 Å². The molecule has 1 fully saturated rings. The minimum Gasteiger partial charge on any atom is -0.474 e. The maximum Gasteiger partial charge on any atom is 0.245 e. The van der Waals surface area contributed by atoms with Crippen molar-refractivity contribution in [1.29, 1.82) is 0 Å². The second kappa shape index (κ2) is 11.3. The Bertz CT molecular complexity index is 1790. The van der Waals surface area contributed by atoms with Crippen LogP contribution in [0.5, 0.6) is 17.4 Å². The number of thiazole rings is 1. The van der Waals surface area contributed by atoms with Crippen LogP contribution in [0.3, 0.4) is 0 Å². The minimum absolute atomic E-state index is 0.0840. The highest BCUT2D eigenvalue weighted by atomic mass is 35.5. The van der Waals surface area contributed by atoms with Crippen LogP contribution in [-0.2, 0) is 4.79 Å². The van der Waals surface area contributed by atoms with Crippen molar-refractivity contribution in [3.05, 3.63) is 77.3 Å². The molecule has 0 saturated carbocycles. The van der Waals surface area contributed by atoms with Crippen LogP contribution in [0.2, 0.25) is 5.02 Å². The van der Waals surface area contributed by atoms with E-state index in [4.69, 9.17) is 21.1 Å². The Hall–Kier alpha value is -4.35. The average Bonchev–Trinajstić information content (AvgIpc) is 3.36. The molecular formula is C29H24ClFN6O3S. The third kappa shape index (κ3) is 5.63. The number of aryl methyl sites for hydroxylation is 1. The smallest absolute Gasteiger partial charge is 0.245 e. The fourth-order valence-electron chi connectivity index (χ4n) is 4.62. The normalized spacial score (nSPS) is 13.9. The molecule has 3 aromatic heterocycles. The van der Waals surface area contributed by atoms with Gasteiger partial charge in [0.15, 0.2) is 11.6 Å². The molecule has 1 N–H and O–H groups in total. The van der Waals surface area contributed by atoms with E-state index < -0.39 is 5.82 Å². The number of hydrogen-bond acceptors (Lipinski definition) is 9. The minimum atomic E-state index is -0.699. The molecule has 6 rings (SSSR count). The van der Waals surface area contributed by atoms with Crippen LogP contribution in [-0.4, -0.2) is 49.9 Å². The van der Waals surface area contributed by atoms with E-state index in [1.165, 1.54) is 18.5 Å². The number of pyridine rings is 1. The van der Waals surface area contributed by atoms with Crippen LogP contribution in [0.1, 0.15) is 17.8 Å². The van der Waals surface area contributed by atoms with Crippen LogP contribution >= 0.6 is 22.9 Å². The van der Waals surface area contributed by atoms with Gasteiger partial charge < -0.3 is 19.7 Å². The molecule has 9 nitrogen and oxygen atoms in total. The summed E-state index contributed by atoms with van der Waals surface area (Å²) >= 11 is 7.96. The van der Waals surface area contributed by atoms with E-state index in [2.05, 4.69) is 31.8 Å². The number of rotatable bonds is 7. The summed E-state index contributed by atoms with van der Waals surface area (Å²) in [5, 5.41) is 3.75. The number of hydrogen-bond donors (Lipinski definition) is 1. The van der Waals surface area contributed by atoms with Gasteiger partial charge in [-0.05, 0) is 43.3 Å². The summed E-state index contributed by atoms with van der Waals surface area (Å²) in [4.78, 5) is 31.2. The zero-order valence-corrected chi connectivity index (χ0v) is 23.5. The molecule has 41 heavy (non-hydrogen) atoms. The van der Waals surface area contributed by atoms with Gasteiger partial charge in [-0.3, -0.25) is 4.79 Å². The fraction of sp³-hybridized carbons (Fsp3) is 0.207. The van der Waals surface area contributed by atoms with Gasteiger partial charge in [0.1, 0.15) is 34.5 Å². The lowest BCUT2D eigenvalue weighted by molar-refractivity contribution is -0.127. The second-order valence-corrected chi connectivity index (χ2v) is 11.0. The monoisotopic (exact) mass is 590 g/mol. The third-order valence-electron chi connectivity index (χ3n) is 6.67. The summed E-state index contributed by atoms with van der Waals surface area (Å²) in [5.74, 6) is 0.566. The largest absolute Gasteiger partial charge is 0.474 e. The predicted molar refractivity (Wildman–Crippen MR) is 157 cm³/mol. The summed E-state index contributed by atoms with van der Waals surface area (Å²) in [5.41, 5.74) is 1.87. The van der Waals surface area contributed by atoms with Gasteiger partial charge >= 0.3 is 0 Å². The highest BCUT2D eigenvalue weighted by Gasteiger charge is 2.23. The molecule has 1 aliphatic heterocycles. The summed E-state index contributed by atoms with van der Waals surface area (Å²) in [6, 6.07) is 12.1. The standard InChI is InChI=1S/C29H24ClFN6O3S/c1-3-25(38)37-12-10-17(11-13-37)40-24-9-6-20-28(36-24)29(33-15-32-20)35-19-5-7-22(26(30)27(19)31)39-18-4-8-23-21(14-18)34-16(2)41-23/h3-9,14-15,17H,1,10-13H2,2H3,(H,32,33,35). The number of carbonyl (C=O) groups is 1. The van der Waals surface area contributed by atoms with Gasteiger partial charge in [0.05, 0.1) is 26.4 Å². The Kier molecular flexibility index (Phi) is 7.38. The number of ether oxygens (including phenoxy) is 2. The van der Waals surface area contributed by atoms with E-state index in [-0.39, 0.29) is 28.5 Å². The maximum absolute atomic E-state index is 15.4. The number of carbonyl (C=O) groups excluding carboxylic acids is 1. The van der Waals surface area contributed by atoms with Crippen molar-refractivity contribution in [3.8, 4) is 17.4 Å². The molecule has 0 radical (unpaired) electrons. The lowest BCUT2D eigenvalue weighted by atomic mass is 10.1. The van der Waals surface area contributed by atoms with E-state index in [1.807, 2.05) is 13.0 Å². The van der Waals surface area contributed by atoms with Crippen molar-refractivity contribution in [2.45, 2.75) is 25.9 Å². The third-order valence-corrected chi connectivity index (χ3v) is 7.97. The Morgan fingerprint density at radius 2 is 1.98 bits per heavy atom. The highest BCUT2D eigenvalue weighted by molar-refractivity contribution is 7.18. The van der Waals surface area contributed by atoms with E-state index in [0.29, 0.717) is 54.4 Å². The molecule has 0 spiro atoms. The number of anilines is 2. The molecule has 12 heteroatoms. The van der Waals surface area contributed by atoms with Gasteiger partial charge in [-0.1, -0.05) is 18.2 Å². The summed E-state index contributed by atoms with van der Waals surface area (Å²) < 4.78 is 28.4. The number of aromatic nitrogens is 4. The summed E-state index contributed by atoms with van der Waals surface area (Å²) in [6.07, 6.45) is 3.93. The SMILES string of the molecule is C=CC(=O)N1CCC(Oc2ccc3ncnc(Nc4ccc(Oc5ccc6sc(C)nc6c5)c(Cl)c4F)c3n2)CC1. The van der Waals surface area contributed by atoms with E-state index in [0.717, 1.165) is 15.2 Å². The summed E-state index contributed by atoms with van der Waals surface area (Å²) in [7, 11) is 0. The number of nitrogens with one attached hydrogen (secondary N) is 1. The Balaban J connectivity index is 1.20. The molecule has 0 unspecified atom stereocenters. The predicted octanol–water partition coefficient (Wildman–Crippen LogP) is 6.83. The number of nitrogens with zero attached hydrogens (tertiary/aromatic N) is 5. The first-order valence-electron chi connectivity index (χ1n) is 12.9. The molecule has 2 aromatic carbocycles. The van der Waals surface area contributed by atoms with Crippen molar-refractivity contribution in [2.24, 2.45) is 0 Å². The number of fused-ring (bicyclic) bond motifs is 2. The first-order valence-corrected chi connectivity index (χ1v) is 14.1. The van der Waals surface area contributed by atoms with E-state index >= 15 is 4.39 Å². The molecule has 0 aliphatic carbocycles. The number of amides is 1. The number of piperidine rings is 1. The molecule has 1 amide bonds. The Morgan fingerprint density at radius 1 is 1.15 bits per heavy atom. The van der Waals surface area contributed by atoms with Gasteiger partial charge in [-0.15, -0.1) is 11.3 Å². The van der Waals surface area contributed by atoms with Crippen LogP contribution < -0.4 is 14.8 Å². The summed E-state index contributed by atoms with van der Waals surface area (Å²) in [6.45, 7) is 6.64. The highest BCUT2D eigenvalue weighted by Crippen LogP contribution is 2.37. The maximum atomic E-state index is 15.4. The Morgan fingerprint density at radius 3 is 2.78 bits per heavy atom. The number of halogens is 2. The lowest BCUT2D eigenvalue weighted by Crippen LogP contribution is -2.41. The molecule has 1 aliphatic rings. The van der Waals surface area contributed by atoms with Gasteiger partial charge in [-0.25, -0.2) is 24.3 Å². The van der Waals surface area contributed by atoms with E-state index in [1.54, 1.807) is 46.6 Å². The first kappa shape index (κ1) is 26.9. The molecule has 208 valence electrons. The van der Waals surface area contributed by atoms with Crippen molar-refractivity contribution in [3.63, 3.8) is 0 Å². The van der Waals surface area contributed by atoms with Gasteiger partial charge in [-0.2, -0.15) is 0 Å². The molecule has 0 bridgehead atoms. The lowest BCUT2D eigenvalue weighted by Gasteiger charge is -2.31. The van der Waals surface area contributed by atoms with Crippen LogP contribution in [0.25, 0.3) is 21.3 Å². The molecule has 0 atom stereocenters. The molecule has 1 saturated heterocycles. The number of likely N-dealkylation sites (tertiary alicyclic amines) is 1. The van der Waals surface area contributed by atoms with Crippen LogP contribution in [0, 0.1) is 12.7 Å². The van der Waals surface area contributed by atoms with Crippen LogP contribution in [0.15, 0.2) is 61.4 Å². The molecule has 5 aromatic rings. The first-order chi connectivity index (χ1) is 19.9. The zero-order valence-electron chi connectivity index (χ0n) is 21.9. The van der Waals surface area contributed by atoms with E-state index in [9.17, 15) is 4.79 Å². The fourth-order valence-corrected chi connectivity index (χ4v) is 5.63. The Labute approximate surface area is 243 Å². The average molecular weight is 591 g/mol.